The zero-order valence-electron chi connectivity index (χ0n) is 42.1. The van der Waals surface area contributed by atoms with E-state index in [-0.39, 0.29) is 0 Å². The minimum Gasteiger partial charge on any atom is -0.256 e. The molecule has 15 rings (SSSR count). The molecule has 0 radical (unpaired) electrons. The second-order valence-electron chi connectivity index (χ2n) is 19.9. The number of aromatic nitrogens is 6. The van der Waals surface area contributed by atoms with Crippen LogP contribution in [-0.2, 0) is 0 Å². The zero-order chi connectivity index (χ0) is 51.5. The lowest BCUT2D eigenvalue weighted by Crippen LogP contribution is -1.97. The number of nitrogens with zero attached hydrogens (tertiary/aromatic N) is 6. The molecule has 0 aliphatic heterocycles. The summed E-state index contributed by atoms with van der Waals surface area (Å²) in [6.45, 7) is 0. The lowest BCUT2D eigenvalue weighted by Gasteiger charge is -2.14. The fourth-order valence-corrected chi connectivity index (χ4v) is 11.2. The first kappa shape index (κ1) is 44.9. The summed E-state index contributed by atoms with van der Waals surface area (Å²) in [5, 5.41) is 11.6. The Labute approximate surface area is 449 Å². The van der Waals surface area contributed by atoms with Crippen LogP contribution in [0.4, 0.5) is 0 Å². The first-order valence-electron chi connectivity index (χ1n) is 26.2. The van der Waals surface area contributed by atoms with Gasteiger partial charge in [0.05, 0.1) is 33.8 Å². The van der Waals surface area contributed by atoms with Gasteiger partial charge in [0, 0.05) is 56.5 Å². The van der Waals surface area contributed by atoms with E-state index >= 15 is 0 Å². The van der Waals surface area contributed by atoms with Crippen LogP contribution in [0.3, 0.4) is 0 Å². The molecule has 78 heavy (non-hydrogen) atoms. The molecule has 0 spiro atoms. The molecule has 362 valence electrons. The molecule has 0 saturated carbocycles. The van der Waals surface area contributed by atoms with Gasteiger partial charge in [-0.25, -0.2) is 19.9 Å². The van der Waals surface area contributed by atoms with Gasteiger partial charge in [-0.1, -0.05) is 194 Å². The van der Waals surface area contributed by atoms with Gasteiger partial charge in [0.1, 0.15) is 0 Å². The van der Waals surface area contributed by atoms with Crippen LogP contribution < -0.4 is 0 Å². The molecule has 6 nitrogen and oxygen atoms in total. The quantitative estimate of drug-likeness (QED) is 0.141. The fraction of sp³-hybridized carbons (Fsp3) is 0. The van der Waals surface area contributed by atoms with Gasteiger partial charge in [-0.05, 0) is 126 Å². The summed E-state index contributed by atoms with van der Waals surface area (Å²) in [5.41, 5.74) is 15.7. The Bertz CT molecular complexity index is 4840. The van der Waals surface area contributed by atoms with Crippen molar-refractivity contribution < 1.29 is 0 Å². The van der Waals surface area contributed by atoms with Gasteiger partial charge in [-0.2, -0.15) is 0 Å². The summed E-state index contributed by atoms with van der Waals surface area (Å²) in [6.07, 6.45) is 3.66. The summed E-state index contributed by atoms with van der Waals surface area (Å²) in [7, 11) is 0. The van der Waals surface area contributed by atoms with Gasteiger partial charge in [0.2, 0.25) is 0 Å². The van der Waals surface area contributed by atoms with Crippen molar-refractivity contribution in [3.8, 4) is 90.1 Å². The van der Waals surface area contributed by atoms with Gasteiger partial charge < -0.3 is 0 Å². The van der Waals surface area contributed by atoms with Gasteiger partial charge in [-0.3, -0.25) is 9.97 Å². The highest BCUT2D eigenvalue weighted by Crippen LogP contribution is 2.40. The predicted molar refractivity (Wildman–Crippen MR) is 322 cm³/mol. The molecule has 4 heterocycles. The number of benzene rings is 11. The average Bonchev–Trinajstić information content (AvgIpc) is 3.61. The first-order valence-corrected chi connectivity index (χ1v) is 26.2. The standard InChI is InChI=1S/C72H44N6/c1-3-15-57-52(11-1)41-63(61-19-7-5-17-59(57)61)69-43-67(48-27-21-47(22-28-48)51-33-35-65-54(39-51)13-9-37-73-65)75-71(77-69)49-29-23-45(24-30-49)46-25-31-50(32-26-46)72-76-68(56-34-36-66-55(40-56)14-10-38-74-66)44-70(78-72)64-42-53-12-2-4-16-58(53)60-18-6-8-20-62(60)64/h1-44H. The van der Waals surface area contributed by atoms with Gasteiger partial charge in [-0.15, -0.1) is 0 Å². The largest absolute Gasteiger partial charge is 0.256 e. The summed E-state index contributed by atoms with van der Waals surface area (Å²) in [6, 6.07) is 89.9. The number of pyridine rings is 2. The van der Waals surface area contributed by atoms with Crippen LogP contribution in [0.15, 0.2) is 267 Å². The van der Waals surface area contributed by atoms with Crippen LogP contribution in [0.2, 0.25) is 0 Å². The molecule has 0 aliphatic carbocycles. The maximum atomic E-state index is 5.37. The molecule has 0 bridgehead atoms. The van der Waals surface area contributed by atoms with Gasteiger partial charge in [0.15, 0.2) is 11.6 Å². The maximum Gasteiger partial charge on any atom is 0.160 e. The maximum absolute atomic E-state index is 5.37. The van der Waals surface area contributed by atoms with Crippen molar-refractivity contribution in [2.24, 2.45) is 0 Å². The van der Waals surface area contributed by atoms with E-state index in [0.29, 0.717) is 11.6 Å². The molecule has 4 aromatic heterocycles. The number of hydrogen-bond donors (Lipinski definition) is 0. The predicted octanol–water partition coefficient (Wildman–Crippen LogP) is 18.3. The third-order valence-electron chi connectivity index (χ3n) is 15.2. The minimum atomic E-state index is 0.654. The van der Waals surface area contributed by atoms with Crippen molar-refractivity contribution in [1.29, 1.82) is 0 Å². The average molecular weight is 993 g/mol. The van der Waals surface area contributed by atoms with Crippen molar-refractivity contribution in [1.82, 2.24) is 29.9 Å². The van der Waals surface area contributed by atoms with E-state index in [1.54, 1.807) is 0 Å². The van der Waals surface area contributed by atoms with E-state index < -0.39 is 0 Å². The smallest absolute Gasteiger partial charge is 0.160 e. The lowest BCUT2D eigenvalue weighted by molar-refractivity contribution is 1.18. The zero-order valence-corrected chi connectivity index (χ0v) is 42.1. The molecule has 0 N–H and O–H groups in total. The van der Waals surface area contributed by atoms with E-state index in [2.05, 4.69) is 253 Å². The molecular formula is C72H44N6. The molecule has 11 aromatic carbocycles. The molecule has 0 amide bonds. The van der Waals surface area contributed by atoms with Crippen molar-refractivity contribution in [3.05, 3.63) is 267 Å². The summed E-state index contributed by atoms with van der Waals surface area (Å²) in [4.78, 5) is 30.4. The van der Waals surface area contributed by atoms with Crippen LogP contribution in [0.5, 0.6) is 0 Å². The van der Waals surface area contributed by atoms with E-state index in [1.165, 1.54) is 32.3 Å². The van der Waals surface area contributed by atoms with Crippen LogP contribution in [0, 0.1) is 0 Å². The monoisotopic (exact) mass is 992 g/mol. The second kappa shape index (κ2) is 18.7. The molecule has 6 heteroatoms. The Balaban J connectivity index is 0.801. The van der Waals surface area contributed by atoms with Crippen LogP contribution in [-0.4, -0.2) is 29.9 Å². The molecule has 0 fully saturated rings. The lowest BCUT2D eigenvalue weighted by atomic mass is 9.94. The Hall–Kier alpha value is -10.6. The topological polar surface area (TPSA) is 77.3 Å². The first-order chi connectivity index (χ1) is 38.6. The second-order valence-corrected chi connectivity index (χ2v) is 19.9. The highest BCUT2D eigenvalue weighted by Gasteiger charge is 2.18. The molecule has 0 saturated heterocycles. The third kappa shape index (κ3) is 8.08. The SMILES string of the molecule is c1cnc2ccc(-c3ccc(-c4cc(-c5cc6ccccc6c6ccccc56)nc(-c5ccc(-c6ccc(-c7nc(-c8ccc9ncccc9c8)cc(-c8cc9ccccc9c9ccccc89)n7)cc6)cc5)n4)cc3)cc2c1. The molecule has 0 atom stereocenters. The number of rotatable bonds is 8. The Morgan fingerprint density at radius 2 is 0.551 bits per heavy atom. The van der Waals surface area contributed by atoms with Crippen LogP contribution in [0.25, 0.3) is 155 Å². The number of hydrogen-bond acceptors (Lipinski definition) is 6. The normalized spacial score (nSPS) is 11.6. The highest BCUT2D eigenvalue weighted by molar-refractivity contribution is 6.15. The van der Waals surface area contributed by atoms with Crippen LogP contribution in [0.1, 0.15) is 0 Å². The fourth-order valence-electron chi connectivity index (χ4n) is 11.2. The van der Waals surface area contributed by atoms with Gasteiger partial charge >= 0.3 is 0 Å². The Kier molecular flexibility index (Phi) is 10.7. The van der Waals surface area contributed by atoms with E-state index in [1.807, 2.05) is 24.5 Å². The minimum absolute atomic E-state index is 0.654. The van der Waals surface area contributed by atoms with Crippen molar-refractivity contribution in [2.75, 3.05) is 0 Å². The van der Waals surface area contributed by atoms with Crippen molar-refractivity contribution in [2.45, 2.75) is 0 Å². The van der Waals surface area contributed by atoms with Crippen molar-refractivity contribution >= 4 is 64.9 Å². The Morgan fingerprint density at radius 3 is 1.05 bits per heavy atom. The number of fused-ring (bicyclic) bond motifs is 8. The summed E-state index contributed by atoms with van der Waals surface area (Å²) in [5.74, 6) is 1.31. The summed E-state index contributed by atoms with van der Waals surface area (Å²) < 4.78 is 0. The van der Waals surface area contributed by atoms with Crippen molar-refractivity contribution in [3.63, 3.8) is 0 Å². The third-order valence-corrected chi connectivity index (χ3v) is 15.2. The van der Waals surface area contributed by atoms with E-state index in [9.17, 15) is 0 Å². The molecule has 0 unspecified atom stereocenters. The van der Waals surface area contributed by atoms with E-state index in [4.69, 9.17) is 19.9 Å². The van der Waals surface area contributed by atoms with E-state index in [0.717, 1.165) is 111 Å². The molecular weight excluding hydrogens is 949 g/mol. The van der Waals surface area contributed by atoms with Crippen LogP contribution >= 0.6 is 0 Å². The summed E-state index contributed by atoms with van der Waals surface area (Å²) >= 11 is 0. The molecule has 15 aromatic rings. The van der Waals surface area contributed by atoms with Gasteiger partial charge in [0.25, 0.3) is 0 Å². The Morgan fingerprint density at radius 1 is 0.205 bits per heavy atom. The molecule has 0 aliphatic rings. The highest BCUT2D eigenvalue weighted by atomic mass is 14.9.